The highest BCUT2D eigenvalue weighted by Crippen LogP contribution is 2.33. The number of nitrogens with zero attached hydrogens (tertiary/aromatic N) is 4. The summed E-state index contributed by atoms with van der Waals surface area (Å²) in [4.78, 5) is 17.3. The van der Waals surface area contributed by atoms with Crippen molar-refractivity contribution in [1.82, 2.24) is 20.1 Å². The lowest BCUT2D eigenvalue weighted by atomic mass is 10.4. The van der Waals surface area contributed by atoms with Crippen molar-refractivity contribution in [1.29, 1.82) is 0 Å². The predicted molar refractivity (Wildman–Crippen MR) is 72.2 cm³/mol. The second-order valence-electron chi connectivity index (χ2n) is 4.05. The fraction of sp³-hybridized carbons (Fsp3) is 0.400. The third-order valence-electron chi connectivity index (χ3n) is 2.29. The summed E-state index contributed by atoms with van der Waals surface area (Å²) in [5.41, 5.74) is 0.711. The van der Waals surface area contributed by atoms with Gasteiger partial charge in [0.15, 0.2) is 0 Å². The van der Waals surface area contributed by atoms with E-state index in [1.54, 1.807) is 0 Å². The van der Waals surface area contributed by atoms with Gasteiger partial charge in [-0.25, -0.2) is 9.78 Å². The first-order valence-electron chi connectivity index (χ1n) is 5.59. The number of urea groups is 1. The van der Waals surface area contributed by atoms with Gasteiger partial charge >= 0.3 is 12.2 Å². The van der Waals surface area contributed by atoms with E-state index in [1.807, 2.05) is 12.3 Å². The molecule has 0 aliphatic carbocycles. The van der Waals surface area contributed by atoms with Crippen LogP contribution in [0.4, 0.5) is 23.1 Å². The molecule has 6 nitrogen and oxygen atoms in total. The number of amides is 2. The van der Waals surface area contributed by atoms with E-state index in [-0.39, 0.29) is 23.0 Å². The van der Waals surface area contributed by atoms with E-state index in [0.29, 0.717) is 5.69 Å². The second kappa shape index (κ2) is 5.93. The molecule has 11 heteroatoms. The maximum Gasteiger partial charge on any atom is 0.445 e. The monoisotopic (exact) mass is 337 g/mol. The Balaban J connectivity index is 1.96. The van der Waals surface area contributed by atoms with Gasteiger partial charge in [-0.3, -0.25) is 5.32 Å². The van der Waals surface area contributed by atoms with Gasteiger partial charge in [0.2, 0.25) is 10.1 Å². The summed E-state index contributed by atoms with van der Waals surface area (Å²) in [5, 5.41) is 9.93. The number of aryl methyl sites for hydroxylation is 1. The van der Waals surface area contributed by atoms with Crippen molar-refractivity contribution >= 4 is 33.8 Å². The summed E-state index contributed by atoms with van der Waals surface area (Å²) in [5.74, 6) is 0. The lowest BCUT2D eigenvalue weighted by Crippen LogP contribution is -2.30. The zero-order valence-electron chi connectivity index (χ0n) is 10.9. The average molecular weight is 337 g/mol. The molecular weight excluding hydrogens is 327 g/mol. The molecule has 2 rings (SSSR count). The Morgan fingerprint density at radius 2 is 2.14 bits per heavy atom. The van der Waals surface area contributed by atoms with Crippen molar-refractivity contribution in [3.05, 3.63) is 21.1 Å². The Hall–Kier alpha value is -1.75. The molecule has 0 unspecified atom stereocenters. The van der Waals surface area contributed by atoms with E-state index < -0.39 is 17.2 Å². The highest BCUT2D eigenvalue weighted by atomic mass is 32.1. The largest absolute Gasteiger partial charge is 0.445 e. The van der Waals surface area contributed by atoms with E-state index in [0.717, 1.165) is 5.01 Å². The van der Waals surface area contributed by atoms with E-state index in [1.165, 1.54) is 23.3 Å². The third kappa shape index (κ3) is 4.11. The van der Waals surface area contributed by atoms with Gasteiger partial charge in [-0.2, -0.15) is 13.2 Å². The molecule has 2 aromatic rings. The summed E-state index contributed by atoms with van der Waals surface area (Å²) in [6.45, 7) is 2.09. The lowest BCUT2D eigenvalue weighted by Gasteiger charge is -2.15. The number of carbonyl (C=O) groups is 1. The van der Waals surface area contributed by atoms with Gasteiger partial charge < -0.3 is 4.90 Å². The molecule has 114 valence electrons. The van der Waals surface area contributed by atoms with Crippen LogP contribution < -0.4 is 5.32 Å². The van der Waals surface area contributed by atoms with Crippen LogP contribution in [-0.2, 0) is 12.7 Å². The van der Waals surface area contributed by atoms with Gasteiger partial charge in [0.1, 0.15) is 0 Å². The van der Waals surface area contributed by atoms with Crippen LogP contribution in [0, 0.1) is 6.92 Å². The van der Waals surface area contributed by atoms with Crippen LogP contribution in [0.25, 0.3) is 0 Å². The maximum atomic E-state index is 12.4. The number of nitrogens with one attached hydrogen (secondary N) is 1. The fourth-order valence-electron chi connectivity index (χ4n) is 1.37. The molecule has 1 N–H and O–H groups in total. The van der Waals surface area contributed by atoms with Gasteiger partial charge in [-0.1, -0.05) is 11.3 Å². The Bertz CT molecular complexity index is 639. The number of hydrogen-bond donors (Lipinski definition) is 1. The van der Waals surface area contributed by atoms with Gasteiger partial charge in [0.05, 0.1) is 17.2 Å². The van der Waals surface area contributed by atoms with Crippen LogP contribution >= 0.6 is 22.7 Å². The van der Waals surface area contributed by atoms with Crippen LogP contribution in [-0.4, -0.2) is 33.2 Å². The van der Waals surface area contributed by atoms with E-state index in [4.69, 9.17) is 0 Å². The molecule has 0 aromatic carbocycles. The van der Waals surface area contributed by atoms with Crippen molar-refractivity contribution < 1.29 is 18.0 Å². The van der Waals surface area contributed by atoms with E-state index in [2.05, 4.69) is 20.5 Å². The molecule has 2 heterocycles. The zero-order chi connectivity index (χ0) is 15.6. The standard InChI is InChI=1S/C10H10F3N5OS2/c1-5-14-6(4-20-5)3-18(2)9(19)15-8-17-16-7(21-8)10(11,12)13/h4H,3H2,1-2H3,(H,15,17,19). The normalized spacial score (nSPS) is 11.5. The first-order chi connectivity index (χ1) is 9.75. The average Bonchev–Trinajstić information content (AvgIpc) is 2.98. The quantitative estimate of drug-likeness (QED) is 0.935. The highest BCUT2D eigenvalue weighted by molar-refractivity contribution is 7.15. The summed E-state index contributed by atoms with van der Waals surface area (Å²) < 4.78 is 37.1. The van der Waals surface area contributed by atoms with Crippen LogP contribution in [0.15, 0.2) is 5.38 Å². The maximum absolute atomic E-state index is 12.4. The Kier molecular flexibility index (Phi) is 4.42. The van der Waals surface area contributed by atoms with Crippen molar-refractivity contribution in [3.8, 4) is 0 Å². The summed E-state index contributed by atoms with van der Waals surface area (Å²) in [7, 11) is 1.51. The number of hydrogen-bond acceptors (Lipinski definition) is 6. The highest BCUT2D eigenvalue weighted by Gasteiger charge is 2.35. The summed E-state index contributed by atoms with van der Waals surface area (Å²) in [6, 6.07) is -0.578. The van der Waals surface area contributed by atoms with Gasteiger partial charge in [0, 0.05) is 12.4 Å². The van der Waals surface area contributed by atoms with Gasteiger partial charge in [0.25, 0.3) is 0 Å². The van der Waals surface area contributed by atoms with Crippen LogP contribution in [0.3, 0.4) is 0 Å². The Morgan fingerprint density at radius 1 is 1.43 bits per heavy atom. The van der Waals surface area contributed by atoms with Crippen LogP contribution in [0.2, 0.25) is 0 Å². The minimum absolute atomic E-state index is 0.200. The molecule has 0 bridgehead atoms. The van der Waals surface area contributed by atoms with Crippen molar-refractivity contribution in [3.63, 3.8) is 0 Å². The van der Waals surface area contributed by atoms with Crippen molar-refractivity contribution in [2.45, 2.75) is 19.6 Å². The second-order valence-corrected chi connectivity index (χ2v) is 6.09. The SMILES string of the molecule is Cc1nc(CN(C)C(=O)Nc2nnc(C(F)(F)F)s2)cs1. The third-order valence-corrected chi connectivity index (χ3v) is 4.00. The molecule has 0 radical (unpaired) electrons. The number of aromatic nitrogens is 3. The number of halogens is 3. The molecule has 2 aromatic heterocycles. The molecule has 0 saturated carbocycles. The van der Waals surface area contributed by atoms with E-state index in [9.17, 15) is 18.0 Å². The molecule has 2 amide bonds. The minimum Gasteiger partial charge on any atom is -0.322 e. The predicted octanol–water partition coefficient (Wildman–Crippen LogP) is 2.99. The Labute approximate surface area is 125 Å². The van der Waals surface area contributed by atoms with E-state index >= 15 is 0 Å². The molecule has 0 aliphatic rings. The van der Waals surface area contributed by atoms with Crippen molar-refractivity contribution in [2.24, 2.45) is 0 Å². The number of alkyl halides is 3. The van der Waals surface area contributed by atoms with Crippen LogP contribution in [0.5, 0.6) is 0 Å². The van der Waals surface area contributed by atoms with Gasteiger partial charge in [-0.15, -0.1) is 21.5 Å². The molecule has 0 aliphatic heterocycles. The first kappa shape index (κ1) is 15.6. The first-order valence-corrected chi connectivity index (χ1v) is 7.29. The molecule has 0 fully saturated rings. The smallest absolute Gasteiger partial charge is 0.322 e. The minimum atomic E-state index is -4.56. The molecule has 0 atom stereocenters. The number of thiazole rings is 1. The summed E-state index contributed by atoms with van der Waals surface area (Å²) in [6.07, 6.45) is -4.56. The van der Waals surface area contributed by atoms with Crippen molar-refractivity contribution in [2.75, 3.05) is 12.4 Å². The lowest BCUT2D eigenvalue weighted by molar-refractivity contribution is -0.138. The number of anilines is 1. The fourth-order valence-corrected chi connectivity index (χ4v) is 2.58. The zero-order valence-corrected chi connectivity index (χ0v) is 12.6. The molecular formula is C10H10F3N5OS2. The number of carbonyl (C=O) groups excluding carboxylic acids is 1. The topological polar surface area (TPSA) is 71.0 Å². The molecule has 0 saturated heterocycles. The van der Waals surface area contributed by atoms with Crippen LogP contribution in [0.1, 0.15) is 15.7 Å². The number of rotatable bonds is 3. The Morgan fingerprint density at radius 3 is 2.67 bits per heavy atom. The molecule has 0 spiro atoms. The van der Waals surface area contributed by atoms with Gasteiger partial charge in [-0.05, 0) is 6.92 Å². The molecule has 21 heavy (non-hydrogen) atoms. The summed E-state index contributed by atoms with van der Waals surface area (Å²) >= 11 is 1.73.